The Hall–Kier alpha value is -0.370. The van der Waals surface area contributed by atoms with Crippen LogP contribution in [0.1, 0.15) is 25.7 Å². The molecule has 108 valence electrons. The summed E-state index contributed by atoms with van der Waals surface area (Å²) < 4.78 is 29.6. The molecule has 0 aromatic rings. The van der Waals surface area contributed by atoms with Gasteiger partial charge in [0.05, 0.1) is 12.1 Å². The molecule has 19 heavy (non-hydrogen) atoms. The first-order chi connectivity index (χ1) is 8.90. The van der Waals surface area contributed by atoms with Crippen molar-refractivity contribution in [3.05, 3.63) is 0 Å². The highest BCUT2D eigenvalue weighted by atomic mass is 35.7. The van der Waals surface area contributed by atoms with Gasteiger partial charge in [0.15, 0.2) is 0 Å². The van der Waals surface area contributed by atoms with E-state index in [0.717, 1.165) is 12.8 Å². The molecule has 3 aliphatic rings. The van der Waals surface area contributed by atoms with Crippen molar-refractivity contribution >= 4 is 25.8 Å². The van der Waals surface area contributed by atoms with Crippen molar-refractivity contribution in [2.75, 3.05) is 26.2 Å². The van der Waals surface area contributed by atoms with Gasteiger partial charge in [-0.25, -0.2) is 0 Å². The van der Waals surface area contributed by atoms with Crippen LogP contribution in [0.2, 0.25) is 0 Å². The number of hydrogen-bond donors (Lipinski definition) is 0. The van der Waals surface area contributed by atoms with Gasteiger partial charge in [0.1, 0.15) is 6.61 Å². The Morgan fingerprint density at radius 2 is 1.89 bits per heavy atom. The van der Waals surface area contributed by atoms with Crippen LogP contribution in [0.3, 0.4) is 0 Å². The van der Waals surface area contributed by atoms with Crippen LogP contribution in [0.25, 0.3) is 0 Å². The molecule has 1 spiro atoms. The number of halogens is 1. The minimum absolute atomic E-state index is 0.0560. The van der Waals surface area contributed by atoms with Crippen LogP contribution in [0.5, 0.6) is 0 Å². The van der Waals surface area contributed by atoms with Crippen molar-refractivity contribution in [2.45, 2.75) is 37.3 Å². The molecule has 8 heteroatoms. The molecule has 2 saturated heterocycles. The maximum Gasteiger partial charge on any atom is 0.299 e. The highest BCUT2D eigenvalue weighted by molar-refractivity contribution is 8.11. The van der Waals surface area contributed by atoms with E-state index in [1.807, 2.05) is 4.90 Å². The van der Waals surface area contributed by atoms with Gasteiger partial charge in [0.2, 0.25) is 5.91 Å². The van der Waals surface area contributed by atoms with Gasteiger partial charge < -0.3 is 9.64 Å². The molecule has 0 radical (unpaired) electrons. The van der Waals surface area contributed by atoms with Crippen LogP contribution < -0.4 is 0 Å². The van der Waals surface area contributed by atoms with E-state index < -0.39 is 9.24 Å². The van der Waals surface area contributed by atoms with E-state index in [9.17, 15) is 13.2 Å². The summed E-state index contributed by atoms with van der Waals surface area (Å²) in [5.41, 5.74) is -0.380. The summed E-state index contributed by atoms with van der Waals surface area (Å²) in [6.45, 7) is 1.42. The molecule has 0 aromatic carbocycles. The number of morpholine rings is 1. The van der Waals surface area contributed by atoms with Crippen LogP contribution in [0, 0.1) is 0 Å². The number of carbonyl (C=O) groups excluding carboxylic acids is 1. The molecule has 0 bridgehead atoms. The van der Waals surface area contributed by atoms with Crippen molar-refractivity contribution < 1.29 is 17.9 Å². The summed E-state index contributed by atoms with van der Waals surface area (Å²) in [7, 11) is 1.70. The van der Waals surface area contributed by atoms with E-state index in [0.29, 0.717) is 38.5 Å². The highest BCUT2D eigenvalue weighted by Crippen LogP contribution is 2.36. The molecule has 1 amide bonds. The summed E-state index contributed by atoms with van der Waals surface area (Å²) in [5.74, 6) is 0.0560. The minimum Gasteiger partial charge on any atom is -0.363 e. The van der Waals surface area contributed by atoms with Crippen LogP contribution in [0.15, 0.2) is 0 Å². The van der Waals surface area contributed by atoms with Crippen LogP contribution in [0.4, 0.5) is 0 Å². The standard InChI is InChI=1S/C11H17ClN2O4S/c12-19(16,17)13-5-3-11(4-6-13)8-14(9-1-2-9)10(15)7-18-11/h9H,1-8H2. The zero-order valence-electron chi connectivity index (χ0n) is 10.5. The fraction of sp³-hybridized carbons (Fsp3) is 0.909. The van der Waals surface area contributed by atoms with E-state index >= 15 is 0 Å². The minimum atomic E-state index is -3.64. The molecule has 3 rings (SSSR count). The fourth-order valence-corrected chi connectivity index (χ4v) is 3.91. The Balaban J connectivity index is 1.67. The molecule has 1 aliphatic carbocycles. The number of hydrogen-bond acceptors (Lipinski definition) is 4. The molecule has 0 aromatic heterocycles. The predicted molar refractivity (Wildman–Crippen MR) is 69.0 cm³/mol. The zero-order valence-corrected chi connectivity index (χ0v) is 12.1. The third kappa shape index (κ3) is 2.74. The number of amides is 1. The van der Waals surface area contributed by atoms with E-state index in [1.54, 1.807) is 0 Å². The smallest absolute Gasteiger partial charge is 0.299 e. The van der Waals surface area contributed by atoms with Gasteiger partial charge >= 0.3 is 0 Å². The molecular formula is C11H17ClN2O4S. The van der Waals surface area contributed by atoms with Crippen molar-refractivity contribution in [3.8, 4) is 0 Å². The fourth-order valence-electron chi connectivity index (χ4n) is 2.88. The first kappa shape index (κ1) is 13.6. The van der Waals surface area contributed by atoms with Gasteiger partial charge in [-0.05, 0) is 25.7 Å². The molecule has 1 saturated carbocycles. The Morgan fingerprint density at radius 1 is 1.26 bits per heavy atom. The van der Waals surface area contributed by atoms with Crippen LogP contribution in [-0.2, 0) is 18.8 Å². The quantitative estimate of drug-likeness (QED) is 0.689. The van der Waals surface area contributed by atoms with Crippen molar-refractivity contribution in [1.29, 1.82) is 0 Å². The maximum absolute atomic E-state index is 11.8. The molecule has 2 aliphatic heterocycles. The van der Waals surface area contributed by atoms with Crippen LogP contribution >= 0.6 is 10.7 Å². The average Bonchev–Trinajstić information content (AvgIpc) is 3.16. The van der Waals surface area contributed by atoms with E-state index in [4.69, 9.17) is 15.4 Å². The molecular weight excluding hydrogens is 292 g/mol. The maximum atomic E-state index is 11.8. The molecule has 3 fully saturated rings. The number of nitrogens with zero attached hydrogens (tertiary/aromatic N) is 2. The van der Waals surface area contributed by atoms with Crippen molar-refractivity contribution in [3.63, 3.8) is 0 Å². The monoisotopic (exact) mass is 308 g/mol. The van der Waals surface area contributed by atoms with E-state index in [1.165, 1.54) is 4.31 Å². The van der Waals surface area contributed by atoms with E-state index in [2.05, 4.69) is 0 Å². The lowest BCUT2D eigenvalue weighted by Crippen LogP contribution is -2.59. The third-order valence-electron chi connectivity index (χ3n) is 4.21. The first-order valence-electron chi connectivity index (χ1n) is 6.53. The molecule has 2 heterocycles. The molecule has 6 nitrogen and oxygen atoms in total. The number of carbonyl (C=O) groups is 1. The SMILES string of the molecule is O=C1COC2(CCN(S(=O)(=O)Cl)CC2)CN1C1CC1. The normalized spacial score (nSPS) is 28.9. The summed E-state index contributed by atoms with van der Waals surface area (Å²) in [5, 5.41) is 0. The number of piperidine rings is 1. The topological polar surface area (TPSA) is 66.9 Å². The Kier molecular flexibility index (Phi) is 3.28. The van der Waals surface area contributed by atoms with E-state index in [-0.39, 0.29) is 18.1 Å². The van der Waals surface area contributed by atoms with Gasteiger partial charge in [-0.1, -0.05) is 0 Å². The highest BCUT2D eigenvalue weighted by Gasteiger charge is 2.47. The lowest BCUT2D eigenvalue weighted by Gasteiger charge is -2.46. The second-order valence-electron chi connectivity index (χ2n) is 5.57. The second-order valence-corrected chi connectivity index (χ2v) is 8.08. The first-order valence-corrected chi connectivity index (χ1v) is 8.79. The Bertz CT molecular complexity index is 483. The van der Waals surface area contributed by atoms with Crippen molar-refractivity contribution in [1.82, 2.24) is 9.21 Å². The third-order valence-corrected chi connectivity index (χ3v) is 5.78. The van der Waals surface area contributed by atoms with Crippen molar-refractivity contribution in [2.24, 2.45) is 0 Å². The van der Waals surface area contributed by atoms with Gasteiger partial charge in [-0.3, -0.25) is 4.79 Å². The summed E-state index contributed by atoms with van der Waals surface area (Å²) >= 11 is 0. The molecule has 0 atom stereocenters. The summed E-state index contributed by atoms with van der Waals surface area (Å²) in [4.78, 5) is 13.7. The second kappa shape index (κ2) is 4.58. The lowest BCUT2D eigenvalue weighted by atomic mass is 9.90. The van der Waals surface area contributed by atoms with Crippen LogP contribution in [-0.4, -0.2) is 61.4 Å². The number of rotatable bonds is 2. The summed E-state index contributed by atoms with van der Waals surface area (Å²) in [6, 6.07) is 0.378. The van der Waals surface area contributed by atoms with Gasteiger partial charge in [0, 0.05) is 29.8 Å². The Morgan fingerprint density at radius 3 is 2.42 bits per heavy atom. The van der Waals surface area contributed by atoms with Gasteiger partial charge in [-0.2, -0.15) is 12.7 Å². The van der Waals surface area contributed by atoms with Gasteiger partial charge in [-0.15, -0.1) is 0 Å². The molecule has 0 N–H and O–H groups in total. The largest absolute Gasteiger partial charge is 0.363 e. The number of ether oxygens (including phenoxy) is 1. The van der Waals surface area contributed by atoms with Gasteiger partial charge in [0.25, 0.3) is 9.24 Å². The molecule has 0 unspecified atom stereocenters. The average molecular weight is 309 g/mol. The Labute approximate surface area is 117 Å². The zero-order chi connectivity index (χ0) is 13.7. The lowest BCUT2D eigenvalue weighted by molar-refractivity contribution is -0.170. The predicted octanol–water partition coefficient (Wildman–Crippen LogP) is 0.326. The summed E-state index contributed by atoms with van der Waals surface area (Å²) in [6.07, 6.45) is 3.33.